The van der Waals surface area contributed by atoms with E-state index in [9.17, 15) is 9.59 Å². The van der Waals surface area contributed by atoms with Crippen LogP contribution in [0.15, 0.2) is 0 Å². The molecule has 0 saturated carbocycles. The molecule has 0 aromatic carbocycles. The zero-order valence-corrected chi connectivity index (χ0v) is 12.8. The monoisotopic (exact) mass is 283 g/mol. The van der Waals surface area contributed by atoms with Crippen LogP contribution in [0.4, 0.5) is 4.79 Å². The number of carbonyl (C=O) groups is 2. The topological polar surface area (TPSA) is 70.7 Å². The second-order valence-corrected chi connectivity index (χ2v) is 6.86. The van der Waals surface area contributed by atoms with E-state index in [0.29, 0.717) is 25.6 Å². The molecule has 0 spiro atoms. The van der Waals surface area contributed by atoms with Gasteiger partial charge in [-0.05, 0) is 33.7 Å². The molecule has 2 aliphatic heterocycles. The summed E-state index contributed by atoms with van der Waals surface area (Å²) in [4.78, 5) is 25.4. The van der Waals surface area contributed by atoms with Gasteiger partial charge in [-0.15, -0.1) is 0 Å². The SMILES string of the molecule is CC(=O)N[C@]12CNCC[C@H]1CN(C(=O)OC(C)(C)C)C2. The molecular formula is C14H25N3O3. The molecule has 0 bridgehead atoms. The molecule has 2 fully saturated rings. The third-order valence-electron chi connectivity index (χ3n) is 3.88. The number of ether oxygens (including phenoxy) is 1. The second-order valence-electron chi connectivity index (χ2n) is 6.86. The van der Waals surface area contributed by atoms with Crippen LogP contribution in [-0.2, 0) is 9.53 Å². The van der Waals surface area contributed by atoms with Gasteiger partial charge in [-0.2, -0.15) is 0 Å². The molecule has 6 heteroatoms. The number of hydrogen-bond donors (Lipinski definition) is 2. The Morgan fingerprint density at radius 3 is 2.70 bits per heavy atom. The van der Waals surface area contributed by atoms with Crippen LogP contribution in [0.25, 0.3) is 0 Å². The van der Waals surface area contributed by atoms with Crippen LogP contribution in [0.2, 0.25) is 0 Å². The third kappa shape index (κ3) is 3.23. The van der Waals surface area contributed by atoms with E-state index < -0.39 is 5.60 Å². The predicted molar refractivity (Wildman–Crippen MR) is 75.3 cm³/mol. The van der Waals surface area contributed by atoms with Gasteiger partial charge in [0.05, 0.1) is 5.54 Å². The van der Waals surface area contributed by atoms with Crippen molar-refractivity contribution in [3.8, 4) is 0 Å². The molecule has 0 aromatic heterocycles. The van der Waals surface area contributed by atoms with Crippen molar-refractivity contribution < 1.29 is 14.3 Å². The fraction of sp³-hybridized carbons (Fsp3) is 0.857. The fourth-order valence-corrected chi connectivity index (χ4v) is 3.13. The fourth-order valence-electron chi connectivity index (χ4n) is 3.13. The highest BCUT2D eigenvalue weighted by molar-refractivity contribution is 5.75. The lowest BCUT2D eigenvalue weighted by Crippen LogP contribution is -2.62. The van der Waals surface area contributed by atoms with Gasteiger partial charge in [-0.25, -0.2) is 4.79 Å². The Labute approximate surface area is 120 Å². The van der Waals surface area contributed by atoms with Crippen LogP contribution in [-0.4, -0.2) is 54.2 Å². The highest BCUT2D eigenvalue weighted by Gasteiger charge is 2.50. The Hall–Kier alpha value is -1.30. The Morgan fingerprint density at radius 2 is 2.10 bits per heavy atom. The van der Waals surface area contributed by atoms with Crippen molar-refractivity contribution in [2.45, 2.75) is 45.3 Å². The van der Waals surface area contributed by atoms with Crippen LogP contribution in [0, 0.1) is 5.92 Å². The maximum Gasteiger partial charge on any atom is 0.410 e. The Kier molecular flexibility index (Phi) is 3.95. The summed E-state index contributed by atoms with van der Waals surface area (Å²) in [5, 5.41) is 6.37. The largest absolute Gasteiger partial charge is 0.444 e. The number of fused-ring (bicyclic) bond motifs is 1. The summed E-state index contributed by atoms with van der Waals surface area (Å²) in [5.74, 6) is 0.241. The third-order valence-corrected chi connectivity index (χ3v) is 3.88. The molecule has 2 N–H and O–H groups in total. The molecule has 20 heavy (non-hydrogen) atoms. The van der Waals surface area contributed by atoms with Gasteiger partial charge in [-0.1, -0.05) is 0 Å². The number of hydrogen-bond acceptors (Lipinski definition) is 4. The van der Waals surface area contributed by atoms with E-state index in [2.05, 4.69) is 10.6 Å². The maximum atomic E-state index is 12.2. The lowest BCUT2D eigenvalue weighted by molar-refractivity contribution is -0.121. The normalized spacial score (nSPS) is 29.8. The molecule has 114 valence electrons. The van der Waals surface area contributed by atoms with E-state index in [1.807, 2.05) is 20.8 Å². The first-order valence-electron chi connectivity index (χ1n) is 7.19. The first-order chi connectivity index (χ1) is 9.22. The average Bonchev–Trinajstić information content (AvgIpc) is 2.64. The van der Waals surface area contributed by atoms with Crippen molar-refractivity contribution in [1.82, 2.24) is 15.5 Å². The van der Waals surface area contributed by atoms with Crippen molar-refractivity contribution in [2.24, 2.45) is 5.92 Å². The number of nitrogens with one attached hydrogen (secondary N) is 2. The molecule has 2 saturated heterocycles. The first kappa shape index (κ1) is 15.1. The minimum Gasteiger partial charge on any atom is -0.444 e. The smallest absolute Gasteiger partial charge is 0.410 e. The lowest BCUT2D eigenvalue weighted by Gasteiger charge is -2.39. The number of rotatable bonds is 1. The molecule has 0 aromatic rings. The highest BCUT2D eigenvalue weighted by Crippen LogP contribution is 2.33. The molecule has 0 aliphatic carbocycles. The minimum absolute atomic E-state index is 0.0512. The van der Waals surface area contributed by atoms with E-state index in [0.717, 1.165) is 13.0 Å². The zero-order chi connectivity index (χ0) is 15.0. The van der Waals surface area contributed by atoms with Gasteiger partial charge in [0.25, 0.3) is 0 Å². The van der Waals surface area contributed by atoms with Crippen LogP contribution < -0.4 is 10.6 Å². The van der Waals surface area contributed by atoms with Crippen molar-refractivity contribution in [3.63, 3.8) is 0 Å². The number of carbonyl (C=O) groups excluding carboxylic acids is 2. The average molecular weight is 283 g/mol. The Morgan fingerprint density at radius 1 is 1.40 bits per heavy atom. The van der Waals surface area contributed by atoms with E-state index in [4.69, 9.17) is 4.74 Å². The van der Waals surface area contributed by atoms with Gasteiger partial charge in [0.2, 0.25) is 5.91 Å². The quantitative estimate of drug-likeness (QED) is 0.744. The summed E-state index contributed by atoms with van der Waals surface area (Å²) in [7, 11) is 0. The van der Waals surface area contributed by atoms with E-state index in [1.54, 1.807) is 4.90 Å². The van der Waals surface area contributed by atoms with Crippen LogP contribution in [0.1, 0.15) is 34.1 Å². The van der Waals surface area contributed by atoms with E-state index in [1.165, 1.54) is 6.92 Å². The van der Waals surface area contributed by atoms with Crippen molar-refractivity contribution in [1.29, 1.82) is 0 Å². The van der Waals surface area contributed by atoms with Gasteiger partial charge < -0.3 is 20.3 Å². The van der Waals surface area contributed by atoms with Crippen LogP contribution in [0.5, 0.6) is 0 Å². The van der Waals surface area contributed by atoms with Crippen molar-refractivity contribution in [3.05, 3.63) is 0 Å². The molecular weight excluding hydrogens is 258 g/mol. The maximum absolute atomic E-state index is 12.2. The van der Waals surface area contributed by atoms with E-state index in [-0.39, 0.29) is 17.5 Å². The van der Waals surface area contributed by atoms with E-state index >= 15 is 0 Å². The number of nitrogens with zero attached hydrogens (tertiary/aromatic N) is 1. The summed E-state index contributed by atoms with van der Waals surface area (Å²) >= 11 is 0. The Bertz CT molecular complexity index is 405. The Balaban J connectivity index is 2.09. The summed E-state index contributed by atoms with van der Waals surface area (Å²) < 4.78 is 5.43. The standard InChI is InChI=1S/C14H25N3O3/c1-10(18)16-14-8-15-6-5-11(14)7-17(9-14)12(19)20-13(2,3)4/h11,15H,5-9H2,1-4H3,(H,16,18)/t11-,14-/m0/s1. The molecule has 2 amide bonds. The van der Waals surface area contributed by atoms with Crippen LogP contribution >= 0.6 is 0 Å². The van der Waals surface area contributed by atoms with Crippen molar-refractivity contribution in [2.75, 3.05) is 26.2 Å². The van der Waals surface area contributed by atoms with Gasteiger partial charge in [0, 0.05) is 32.5 Å². The lowest BCUT2D eigenvalue weighted by atomic mass is 9.82. The number of amides is 2. The molecule has 2 heterocycles. The van der Waals surface area contributed by atoms with Gasteiger partial charge in [0.15, 0.2) is 0 Å². The second kappa shape index (κ2) is 5.24. The number of likely N-dealkylation sites (tertiary alicyclic amines) is 1. The summed E-state index contributed by atoms with van der Waals surface area (Å²) in [6.07, 6.45) is 0.663. The first-order valence-corrected chi connectivity index (χ1v) is 7.19. The summed E-state index contributed by atoms with van der Waals surface area (Å²) in [6, 6.07) is 0. The molecule has 0 unspecified atom stereocenters. The minimum atomic E-state index is -0.496. The molecule has 6 nitrogen and oxygen atoms in total. The van der Waals surface area contributed by atoms with Gasteiger partial charge in [0.1, 0.15) is 5.60 Å². The van der Waals surface area contributed by atoms with Crippen molar-refractivity contribution >= 4 is 12.0 Å². The summed E-state index contributed by atoms with van der Waals surface area (Å²) in [5.41, 5.74) is -0.842. The molecule has 0 radical (unpaired) electrons. The molecule has 2 rings (SSSR count). The summed E-state index contributed by atoms with van der Waals surface area (Å²) in [6.45, 7) is 9.90. The van der Waals surface area contributed by atoms with Gasteiger partial charge >= 0.3 is 6.09 Å². The van der Waals surface area contributed by atoms with Crippen LogP contribution in [0.3, 0.4) is 0 Å². The highest BCUT2D eigenvalue weighted by atomic mass is 16.6. The number of piperidine rings is 1. The molecule has 2 atom stereocenters. The predicted octanol–water partition coefficient (Wildman–Crippen LogP) is 0.721. The van der Waals surface area contributed by atoms with Gasteiger partial charge in [-0.3, -0.25) is 4.79 Å². The zero-order valence-electron chi connectivity index (χ0n) is 12.8. The molecule has 2 aliphatic rings.